The third-order valence-corrected chi connectivity index (χ3v) is 2.58. The molecule has 0 saturated carbocycles. The Morgan fingerprint density at radius 1 is 1.32 bits per heavy atom. The van der Waals surface area contributed by atoms with Crippen molar-refractivity contribution in [2.45, 2.75) is 6.54 Å². The first-order valence-corrected chi connectivity index (χ1v) is 5.87. The second-order valence-corrected chi connectivity index (χ2v) is 3.96. The van der Waals surface area contributed by atoms with E-state index in [2.05, 4.69) is 10.3 Å². The molecule has 0 atom stereocenters. The summed E-state index contributed by atoms with van der Waals surface area (Å²) < 4.78 is 5.70. The van der Waals surface area contributed by atoms with Crippen LogP contribution in [0.3, 0.4) is 0 Å². The lowest BCUT2D eigenvalue weighted by Crippen LogP contribution is -2.13. The van der Waals surface area contributed by atoms with Gasteiger partial charge in [-0.3, -0.25) is 4.79 Å². The van der Waals surface area contributed by atoms with Gasteiger partial charge in [-0.1, -0.05) is 18.2 Å². The number of para-hydroxylation sites is 1. The molecule has 0 fully saturated rings. The maximum absolute atomic E-state index is 11.3. The molecule has 5 heteroatoms. The van der Waals surface area contributed by atoms with Gasteiger partial charge in [0.25, 0.3) is 5.91 Å². The number of pyridine rings is 1. The molecule has 0 aliphatic heterocycles. The van der Waals surface area contributed by atoms with E-state index >= 15 is 0 Å². The van der Waals surface area contributed by atoms with Crippen molar-refractivity contribution in [2.75, 3.05) is 7.05 Å². The molecule has 0 unspecified atom stereocenters. The standard InChI is InChI=1S/C14H15N3O2/c1-16-9-10-5-2-3-7-12(10)19-14-11(13(15)18)6-4-8-17-14/h2-8,16H,9H2,1H3,(H2,15,18). The number of benzene rings is 1. The Hall–Kier alpha value is -2.40. The zero-order chi connectivity index (χ0) is 13.7. The van der Waals surface area contributed by atoms with E-state index in [9.17, 15) is 4.79 Å². The molecule has 0 bridgehead atoms. The Balaban J connectivity index is 2.34. The van der Waals surface area contributed by atoms with Gasteiger partial charge in [-0.15, -0.1) is 0 Å². The molecule has 1 amide bonds. The summed E-state index contributed by atoms with van der Waals surface area (Å²) in [6, 6.07) is 10.8. The maximum atomic E-state index is 11.3. The van der Waals surface area contributed by atoms with Gasteiger partial charge in [0.05, 0.1) is 0 Å². The lowest BCUT2D eigenvalue weighted by atomic mass is 10.2. The predicted octanol–water partition coefficient (Wildman–Crippen LogP) is 1.69. The molecule has 1 heterocycles. The molecular formula is C14H15N3O2. The number of primary amides is 1. The predicted molar refractivity (Wildman–Crippen MR) is 72.0 cm³/mol. The van der Waals surface area contributed by atoms with Crippen molar-refractivity contribution in [1.82, 2.24) is 10.3 Å². The number of carbonyl (C=O) groups is 1. The van der Waals surface area contributed by atoms with E-state index in [1.165, 1.54) is 0 Å². The lowest BCUT2D eigenvalue weighted by Gasteiger charge is -2.11. The van der Waals surface area contributed by atoms with Crippen molar-refractivity contribution in [2.24, 2.45) is 5.73 Å². The summed E-state index contributed by atoms with van der Waals surface area (Å²) in [5, 5.41) is 3.06. The van der Waals surface area contributed by atoms with E-state index < -0.39 is 5.91 Å². The number of hydrogen-bond acceptors (Lipinski definition) is 4. The van der Waals surface area contributed by atoms with Gasteiger partial charge in [0.15, 0.2) is 0 Å². The minimum absolute atomic E-state index is 0.221. The fourth-order valence-electron chi connectivity index (χ4n) is 1.70. The Kier molecular flexibility index (Phi) is 4.10. The van der Waals surface area contributed by atoms with Gasteiger partial charge in [-0.05, 0) is 25.2 Å². The average molecular weight is 257 g/mol. The number of hydrogen-bond donors (Lipinski definition) is 2. The monoisotopic (exact) mass is 257 g/mol. The van der Waals surface area contributed by atoms with E-state index in [1.807, 2.05) is 31.3 Å². The van der Waals surface area contributed by atoms with Crippen molar-refractivity contribution in [1.29, 1.82) is 0 Å². The normalized spacial score (nSPS) is 10.2. The van der Waals surface area contributed by atoms with Gasteiger partial charge < -0.3 is 15.8 Å². The molecule has 2 rings (SSSR count). The van der Waals surface area contributed by atoms with Crippen molar-refractivity contribution in [3.63, 3.8) is 0 Å². The fraction of sp³-hybridized carbons (Fsp3) is 0.143. The first-order chi connectivity index (χ1) is 9.22. The van der Waals surface area contributed by atoms with Gasteiger partial charge in [0, 0.05) is 18.3 Å². The van der Waals surface area contributed by atoms with Crippen LogP contribution in [0.2, 0.25) is 0 Å². The van der Waals surface area contributed by atoms with Crippen LogP contribution in [0.1, 0.15) is 15.9 Å². The largest absolute Gasteiger partial charge is 0.438 e. The Labute approximate surface area is 111 Å². The number of rotatable bonds is 5. The fourth-order valence-corrected chi connectivity index (χ4v) is 1.70. The van der Waals surface area contributed by atoms with Crippen LogP contribution in [0.5, 0.6) is 11.6 Å². The summed E-state index contributed by atoms with van der Waals surface area (Å²) in [6.07, 6.45) is 1.56. The summed E-state index contributed by atoms with van der Waals surface area (Å²) in [7, 11) is 1.85. The molecular weight excluding hydrogens is 242 g/mol. The molecule has 19 heavy (non-hydrogen) atoms. The lowest BCUT2D eigenvalue weighted by molar-refractivity contribution is 0.0997. The number of aromatic nitrogens is 1. The maximum Gasteiger partial charge on any atom is 0.254 e. The molecule has 3 N–H and O–H groups in total. The van der Waals surface area contributed by atoms with Gasteiger partial charge in [0.2, 0.25) is 5.88 Å². The van der Waals surface area contributed by atoms with Gasteiger partial charge in [-0.2, -0.15) is 0 Å². The highest BCUT2D eigenvalue weighted by Crippen LogP contribution is 2.25. The molecule has 98 valence electrons. The summed E-state index contributed by atoms with van der Waals surface area (Å²) in [6.45, 7) is 0.662. The van der Waals surface area contributed by atoms with Gasteiger partial charge >= 0.3 is 0 Å². The molecule has 1 aromatic heterocycles. The van der Waals surface area contributed by atoms with E-state index in [0.717, 1.165) is 5.56 Å². The van der Waals surface area contributed by atoms with E-state index in [-0.39, 0.29) is 11.4 Å². The van der Waals surface area contributed by atoms with Crippen LogP contribution in [0.4, 0.5) is 0 Å². The highest BCUT2D eigenvalue weighted by molar-refractivity contribution is 5.95. The molecule has 0 saturated heterocycles. The number of ether oxygens (including phenoxy) is 1. The zero-order valence-electron chi connectivity index (χ0n) is 10.6. The van der Waals surface area contributed by atoms with Crippen LogP contribution in [-0.2, 0) is 6.54 Å². The Bertz CT molecular complexity index is 584. The second kappa shape index (κ2) is 5.97. The molecule has 0 aliphatic carbocycles. The van der Waals surface area contributed by atoms with Crippen molar-refractivity contribution in [3.8, 4) is 11.6 Å². The highest BCUT2D eigenvalue weighted by atomic mass is 16.5. The minimum Gasteiger partial charge on any atom is -0.438 e. The van der Waals surface area contributed by atoms with Gasteiger partial charge in [0.1, 0.15) is 11.3 Å². The minimum atomic E-state index is -0.561. The van der Waals surface area contributed by atoms with Crippen LogP contribution in [0.15, 0.2) is 42.6 Å². The topological polar surface area (TPSA) is 77.2 Å². The highest BCUT2D eigenvalue weighted by Gasteiger charge is 2.12. The molecule has 0 radical (unpaired) electrons. The van der Waals surface area contributed by atoms with E-state index in [1.54, 1.807) is 18.3 Å². The number of nitrogens with two attached hydrogens (primary N) is 1. The van der Waals surface area contributed by atoms with Crippen LogP contribution in [0, 0.1) is 0 Å². The Morgan fingerprint density at radius 3 is 2.84 bits per heavy atom. The summed E-state index contributed by atoms with van der Waals surface area (Å²) in [5.74, 6) is 0.311. The van der Waals surface area contributed by atoms with Crippen molar-refractivity contribution < 1.29 is 9.53 Å². The smallest absolute Gasteiger partial charge is 0.254 e. The van der Waals surface area contributed by atoms with Crippen LogP contribution in [0.25, 0.3) is 0 Å². The summed E-state index contributed by atoms with van der Waals surface area (Å²) >= 11 is 0. The SMILES string of the molecule is CNCc1ccccc1Oc1ncccc1C(N)=O. The number of amides is 1. The number of nitrogens with one attached hydrogen (secondary N) is 1. The molecule has 2 aromatic rings. The summed E-state index contributed by atoms with van der Waals surface area (Å²) in [5.41, 5.74) is 6.54. The number of nitrogens with zero attached hydrogens (tertiary/aromatic N) is 1. The van der Waals surface area contributed by atoms with Crippen molar-refractivity contribution in [3.05, 3.63) is 53.7 Å². The zero-order valence-corrected chi connectivity index (χ0v) is 10.6. The van der Waals surface area contributed by atoms with E-state index in [4.69, 9.17) is 10.5 Å². The molecule has 5 nitrogen and oxygen atoms in total. The second-order valence-electron chi connectivity index (χ2n) is 3.96. The van der Waals surface area contributed by atoms with Crippen LogP contribution >= 0.6 is 0 Å². The molecule has 0 spiro atoms. The average Bonchev–Trinajstić information content (AvgIpc) is 2.42. The summed E-state index contributed by atoms with van der Waals surface area (Å²) in [4.78, 5) is 15.4. The third-order valence-electron chi connectivity index (χ3n) is 2.58. The van der Waals surface area contributed by atoms with E-state index in [0.29, 0.717) is 12.3 Å². The number of carbonyl (C=O) groups excluding carboxylic acids is 1. The van der Waals surface area contributed by atoms with Crippen LogP contribution in [-0.4, -0.2) is 17.9 Å². The van der Waals surface area contributed by atoms with Crippen LogP contribution < -0.4 is 15.8 Å². The molecule has 0 aliphatic rings. The first-order valence-electron chi connectivity index (χ1n) is 5.87. The van der Waals surface area contributed by atoms with Gasteiger partial charge in [-0.25, -0.2) is 4.98 Å². The molecule has 1 aromatic carbocycles. The first kappa shape index (κ1) is 13.0. The third kappa shape index (κ3) is 3.08. The Morgan fingerprint density at radius 2 is 2.11 bits per heavy atom. The van der Waals surface area contributed by atoms with Crippen molar-refractivity contribution >= 4 is 5.91 Å². The quantitative estimate of drug-likeness (QED) is 0.854.